The number of rotatable bonds is 3. The first-order valence-electron chi connectivity index (χ1n) is 9.37. The van der Waals surface area contributed by atoms with Crippen molar-refractivity contribution in [2.45, 2.75) is 57.1 Å². The number of amides is 1. The Morgan fingerprint density at radius 3 is 2.64 bits per heavy atom. The molecule has 136 valence electrons. The molecule has 4 rings (SSSR count). The lowest BCUT2D eigenvalue weighted by molar-refractivity contribution is 0.0460. The highest BCUT2D eigenvalue weighted by molar-refractivity contribution is 5.95. The van der Waals surface area contributed by atoms with Crippen LogP contribution in [0.4, 0.5) is 0 Å². The quantitative estimate of drug-likeness (QED) is 0.767. The van der Waals surface area contributed by atoms with E-state index in [0.717, 1.165) is 38.8 Å². The molecule has 0 bridgehead atoms. The third-order valence-corrected chi connectivity index (χ3v) is 6.26. The van der Waals surface area contributed by atoms with Crippen LogP contribution in [0.1, 0.15) is 59.7 Å². The molecule has 2 saturated carbocycles. The number of carbonyl (C=O) groups excluding carboxylic acids is 1. The molecule has 2 aliphatic carbocycles. The van der Waals surface area contributed by atoms with Crippen LogP contribution in [0.15, 0.2) is 15.3 Å². The maximum Gasteiger partial charge on any atom is 0.349 e. The second kappa shape index (κ2) is 6.57. The molecule has 0 unspecified atom stereocenters. The lowest BCUT2D eigenvalue weighted by atomic mass is 9.77. The normalized spacial score (nSPS) is 32.1. The number of hydrogen-bond acceptors (Lipinski definition) is 5. The first-order chi connectivity index (χ1) is 12.0. The lowest BCUT2D eigenvalue weighted by Gasteiger charge is -2.35. The van der Waals surface area contributed by atoms with Crippen molar-refractivity contribution in [2.24, 2.45) is 11.8 Å². The molecule has 0 spiro atoms. The number of aryl methyl sites for hydroxylation is 1. The van der Waals surface area contributed by atoms with Gasteiger partial charge in [0.1, 0.15) is 11.3 Å². The van der Waals surface area contributed by atoms with Gasteiger partial charge in [-0.2, -0.15) is 0 Å². The van der Waals surface area contributed by atoms with E-state index < -0.39 is 17.6 Å². The summed E-state index contributed by atoms with van der Waals surface area (Å²) in [5.41, 5.74) is 0.161. The summed E-state index contributed by atoms with van der Waals surface area (Å²) in [6.07, 6.45) is 4.11. The van der Waals surface area contributed by atoms with Gasteiger partial charge in [0, 0.05) is 5.92 Å². The average molecular weight is 346 g/mol. The Morgan fingerprint density at radius 1 is 1.28 bits per heavy atom. The molecule has 3 N–H and O–H groups in total. The van der Waals surface area contributed by atoms with Crippen molar-refractivity contribution in [3.8, 4) is 0 Å². The van der Waals surface area contributed by atoms with Crippen LogP contribution < -0.4 is 16.3 Å². The predicted molar refractivity (Wildman–Crippen MR) is 92.7 cm³/mol. The number of nitrogens with one attached hydrogen (secondary N) is 2. The Bertz CT molecular complexity index is 725. The summed E-state index contributed by atoms with van der Waals surface area (Å²) in [6, 6.07) is 1.52. The molecule has 6 heteroatoms. The minimum atomic E-state index is -0.565. The fourth-order valence-electron chi connectivity index (χ4n) is 4.49. The van der Waals surface area contributed by atoms with Gasteiger partial charge in [0.05, 0.1) is 12.1 Å². The Balaban J connectivity index is 1.50. The third kappa shape index (κ3) is 3.13. The van der Waals surface area contributed by atoms with Crippen molar-refractivity contribution in [3.05, 3.63) is 33.4 Å². The number of carbonyl (C=O) groups is 1. The van der Waals surface area contributed by atoms with E-state index in [2.05, 4.69) is 10.6 Å². The molecule has 25 heavy (non-hydrogen) atoms. The molecule has 1 aliphatic heterocycles. The highest BCUT2D eigenvalue weighted by atomic mass is 16.4. The molecular formula is C19H26N2O4. The van der Waals surface area contributed by atoms with Crippen molar-refractivity contribution in [2.75, 3.05) is 13.1 Å². The van der Waals surface area contributed by atoms with E-state index in [-0.39, 0.29) is 11.6 Å². The van der Waals surface area contributed by atoms with Gasteiger partial charge in [0.25, 0.3) is 5.91 Å². The standard InChI is InChI=1S/C19H26N2O4/c1-10-5-16(11-3-2-4-11)25-19(24)17(10)18(23)21-14-6-12-8-20-9-13(12)7-15(14)22/h5,11-15,20,22H,2-4,6-9H2,1H3,(H,21,23)/t12-,13+,14-,15-/m0/s1. The topological polar surface area (TPSA) is 91.6 Å². The molecule has 1 saturated heterocycles. The zero-order valence-electron chi connectivity index (χ0n) is 14.6. The molecule has 3 aliphatic rings. The van der Waals surface area contributed by atoms with Crippen molar-refractivity contribution >= 4 is 5.91 Å². The summed E-state index contributed by atoms with van der Waals surface area (Å²) in [7, 11) is 0. The predicted octanol–water partition coefficient (Wildman–Crippen LogP) is 1.30. The monoisotopic (exact) mass is 346 g/mol. The van der Waals surface area contributed by atoms with E-state index in [0.29, 0.717) is 35.5 Å². The molecule has 1 aromatic rings. The number of aliphatic hydroxyl groups excluding tert-OH is 1. The van der Waals surface area contributed by atoms with Gasteiger partial charge in [-0.25, -0.2) is 4.79 Å². The van der Waals surface area contributed by atoms with Gasteiger partial charge in [-0.1, -0.05) is 6.42 Å². The van der Waals surface area contributed by atoms with Crippen LogP contribution in [0.2, 0.25) is 0 Å². The summed E-state index contributed by atoms with van der Waals surface area (Å²) in [5, 5.41) is 16.6. The largest absolute Gasteiger partial charge is 0.427 e. The van der Waals surface area contributed by atoms with Gasteiger partial charge in [-0.3, -0.25) is 4.79 Å². The maximum absolute atomic E-state index is 12.7. The fraction of sp³-hybridized carbons (Fsp3) is 0.684. The van der Waals surface area contributed by atoms with Crippen LogP contribution in [-0.2, 0) is 0 Å². The zero-order chi connectivity index (χ0) is 17.6. The van der Waals surface area contributed by atoms with Crippen LogP contribution in [0.25, 0.3) is 0 Å². The molecule has 4 atom stereocenters. The molecule has 1 aromatic heterocycles. The van der Waals surface area contributed by atoms with Crippen LogP contribution in [0, 0.1) is 18.8 Å². The summed E-state index contributed by atoms with van der Waals surface area (Å²) in [6.45, 7) is 3.65. The van der Waals surface area contributed by atoms with Gasteiger partial charge >= 0.3 is 5.63 Å². The van der Waals surface area contributed by atoms with Gasteiger partial charge in [-0.15, -0.1) is 0 Å². The van der Waals surface area contributed by atoms with E-state index in [1.54, 1.807) is 6.92 Å². The molecular weight excluding hydrogens is 320 g/mol. The molecule has 0 radical (unpaired) electrons. The minimum Gasteiger partial charge on any atom is -0.427 e. The fourth-order valence-corrected chi connectivity index (χ4v) is 4.49. The average Bonchev–Trinajstić information content (AvgIpc) is 2.92. The SMILES string of the molecule is Cc1cc(C2CCC2)oc(=O)c1C(=O)N[C@H]1C[C@H]2CNC[C@H]2C[C@@H]1O. The number of hydrogen-bond donors (Lipinski definition) is 3. The lowest BCUT2D eigenvalue weighted by Crippen LogP contribution is -2.50. The first-order valence-corrected chi connectivity index (χ1v) is 9.37. The number of fused-ring (bicyclic) bond motifs is 1. The molecule has 2 heterocycles. The minimum absolute atomic E-state index is 0.0712. The summed E-state index contributed by atoms with van der Waals surface area (Å²) < 4.78 is 5.41. The Kier molecular flexibility index (Phi) is 4.41. The van der Waals surface area contributed by atoms with Crippen LogP contribution >= 0.6 is 0 Å². The van der Waals surface area contributed by atoms with Gasteiger partial charge in [0.2, 0.25) is 0 Å². The van der Waals surface area contributed by atoms with E-state index in [4.69, 9.17) is 4.42 Å². The first kappa shape index (κ1) is 16.8. The zero-order valence-corrected chi connectivity index (χ0v) is 14.6. The summed E-state index contributed by atoms with van der Waals surface area (Å²) >= 11 is 0. The molecule has 0 aromatic carbocycles. The van der Waals surface area contributed by atoms with Crippen LogP contribution in [0.3, 0.4) is 0 Å². The van der Waals surface area contributed by atoms with Crippen molar-refractivity contribution < 1.29 is 14.3 Å². The van der Waals surface area contributed by atoms with E-state index in [1.165, 1.54) is 0 Å². The highest BCUT2D eigenvalue weighted by Crippen LogP contribution is 2.36. The molecule has 1 amide bonds. The van der Waals surface area contributed by atoms with E-state index in [9.17, 15) is 14.7 Å². The Hall–Kier alpha value is -1.66. The Morgan fingerprint density at radius 2 is 2.00 bits per heavy atom. The van der Waals surface area contributed by atoms with Crippen molar-refractivity contribution in [1.29, 1.82) is 0 Å². The Labute approximate surface area is 147 Å². The molecule has 6 nitrogen and oxygen atoms in total. The molecule has 3 fully saturated rings. The van der Waals surface area contributed by atoms with Crippen molar-refractivity contribution in [3.63, 3.8) is 0 Å². The van der Waals surface area contributed by atoms with E-state index in [1.807, 2.05) is 6.07 Å². The van der Waals surface area contributed by atoms with Gasteiger partial charge in [0.15, 0.2) is 0 Å². The third-order valence-electron chi connectivity index (χ3n) is 6.26. The second-order valence-corrected chi connectivity index (χ2v) is 7.92. The van der Waals surface area contributed by atoms with Crippen molar-refractivity contribution in [1.82, 2.24) is 10.6 Å². The number of aliphatic hydroxyl groups is 1. The maximum atomic E-state index is 12.7. The van der Waals surface area contributed by atoms with Gasteiger partial charge < -0.3 is 20.2 Å². The van der Waals surface area contributed by atoms with Crippen LogP contribution in [-0.4, -0.2) is 36.2 Å². The summed E-state index contributed by atoms with van der Waals surface area (Å²) in [5.74, 6) is 1.54. The van der Waals surface area contributed by atoms with Crippen LogP contribution in [0.5, 0.6) is 0 Å². The smallest absolute Gasteiger partial charge is 0.349 e. The summed E-state index contributed by atoms with van der Waals surface area (Å²) in [4.78, 5) is 25.0. The van der Waals surface area contributed by atoms with E-state index >= 15 is 0 Å². The second-order valence-electron chi connectivity index (χ2n) is 7.92. The van der Waals surface area contributed by atoms with Gasteiger partial charge in [-0.05, 0) is 69.2 Å². The highest BCUT2D eigenvalue weighted by Gasteiger charge is 2.39.